The van der Waals surface area contributed by atoms with Crippen LogP contribution in [0.5, 0.6) is 5.75 Å². The van der Waals surface area contributed by atoms with Crippen molar-refractivity contribution < 1.29 is 14.3 Å². The van der Waals surface area contributed by atoms with Crippen molar-refractivity contribution >= 4 is 22.8 Å². The summed E-state index contributed by atoms with van der Waals surface area (Å²) < 4.78 is 7.14. The van der Waals surface area contributed by atoms with Crippen molar-refractivity contribution in [2.75, 3.05) is 0 Å². The first-order valence-electron chi connectivity index (χ1n) is 10.2. The fourth-order valence-corrected chi connectivity index (χ4v) is 3.32. The first kappa shape index (κ1) is 21.3. The molecule has 3 aromatic rings. The summed E-state index contributed by atoms with van der Waals surface area (Å²) in [6, 6.07) is 6.90. The van der Waals surface area contributed by atoms with Crippen molar-refractivity contribution in [2.24, 2.45) is 0 Å². The maximum Gasteiger partial charge on any atom is 0.330 e. The van der Waals surface area contributed by atoms with Crippen molar-refractivity contribution in [3.05, 3.63) is 68.0 Å². The number of aromatic nitrogens is 3. The van der Waals surface area contributed by atoms with E-state index in [-0.39, 0.29) is 22.6 Å². The fraction of sp³-hybridized carbons (Fsp3) is 0.318. The summed E-state index contributed by atoms with van der Waals surface area (Å²) >= 11 is 0. The van der Waals surface area contributed by atoms with Crippen molar-refractivity contribution in [1.82, 2.24) is 25.4 Å². The minimum Gasteiger partial charge on any atom is -0.481 e. The summed E-state index contributed by atoms with van der Waals surface area (Å²) in [6.07, 6.45) is 2.07. The van der Waals surface area contributed by atoms with Gasteiger partial charge in [-0.3, -0.25) is 34.8 Å². The molecule has 166 valence electrons. The predicted octanol–water partition coefficient (Wildman–Crippen LogP) is 1.27. The summed E-state index contributed by atoms with van der Waals surface area (Å²) in [5.74, 6) is -0.623. The second kappa shape index (κ2) is 8.29. The van der Waals surface area contributed by atoms with Crippen LogP contribution < -0.4 is 26.8 Å². The number of aryl methyl sites for hydroxylation is 1. The monoisotopic (exact) mass is 437 g/mol. The molecule has 0 radical (unpaired) electrons. The number of carbonyl (C=O) groups excluding carboxylic acids is 2. The molecule has 0 spiro atoms. The number of aromatic amines is 1. The molecule has 1 saturated carbocycles. The number of carbonyl (C=O) groups is 2. The Morgan fingerprint density at radius 3 is 2.69 bits per heavy atom. The molecule has 2 amide bonds. The van der Waals surface area contributed by atoms with Crippen molar-refractivity contribution in [3.8, 4) is 5.75 Å². The third-order valence-electron chi connectivity index (χ3n) is 5.48. The summed E-state index contributed by atoms with van der Waals surface area (Å²) in [4.78, 5) is 55.6. The van der Waals surface area contributed by atoms with Crippen LogP contribution in [0.4, 0.5) is 0 Å². The molecule has 10 heteroatoms. The summed E-state index contributed by atoms with van der Waals surface area (Å²) in [6.45, 7) is 5.41. The number of pyridine rings is 1. The summed E-state index contributed by atoms with van der Waals surface area (Å²) in [7, 11) is 0. The van der Waals surface area contributed by atoms with Crippen LogP contribution in [0.2, 0.25) is 0 Å². The van der Waals surface area contributed by atoms with Crippen LogP contribution in [0, 0.1) is 13.8 Å². The van der Waals surface area contributed by atoms with E-state index in [4.69, 9.17) is 4.74 Å². The van der Waals surface area contributed by atoms with Gasteiger partial charge in [-0.1, -0.05) is 12.1 Å². The molecule has 32 heavy (non-hydrogen) atoms. The van der Waals surface area contributed by atoms with Gasteiger partial charge in [0.15, 0.2) is 6.10 Å². The molecule has 2 heterocycles. The van der Waals surface area contributed by atoms with Gasteiger partial charge in [0.25, 0.3) is 17.4 Å². The average Bonchev–Trinajstić information content (AvgIpc) is 3.60. The number of rotatable bonds is 5. The minimum absolute atomic E-state index is 0.00633. The molecule has 0 saturated heterocycles. The number of ether oxygens (including phenoxy) is 1. The van der Waals surface area contributed by atoms with E-state index in [0.717, 1.165) is 24.0 Å². The van der Waals surface area contributed by atoms with Gasteiger partial charge in [0.2, 0.25) is 0 Å². The first-order valence-corrected chi connectivity index (χ1v) is 10.2. The highest BCUT2D eigenvalue weighted by molar-refractivity contribution is 5.97. The van der Waals surface area contributed by atoms with Crippen LogP contribution in [-0.2, 0) is 4.79 Å². The second-order valence-corrected chi connectivity index (χ2v) is 7.86. The second-order valence-electron chi connectivity index (χ2n) is 7.86. The Bertz CT molecular complexity index is 1340. The largest absolute Gasteiger partial charge is 0.481 e. The van der Waals surface area contributed by atoms with E-state index < -0.39 is 29.2 Å². The van der Waals surface area contributed by atoms with Gasteiger partial charge in [-0.05, 0) is 56.9 Å². The number of fused-ring (bicyclic) bond motifs is 1. The molecule has 1 aromatic carbocycles. The number of benzene rings is 1. The molecule has 1 fully saturated rings. The number of nitrogens with one attached hydrogen (secondary N) is 3. The van der Waals surface area contributed by atoms with Gasteiger partial charge in [0, 0.05) is 12.2 Å². The molecular formula is C22H23N5O5. The predicted molar refractivity (Wildman–Crippen MR) is 117 cm³/mol. The quantitative estimate of drug-likeness (QED) is 0.515. The molecule has 1 unspecified atom stereocenters. The van der Waals surface area contributed by atoms with Crippen molar-refractivity contribution in [3.63, 3.8) is 0 Å². The standard InChI is InChI=1S/C22H23N5O5/c1-11-5-4-6-17(12(11)2)32-13(3)19(28)25-26-20(29)14-9-16-18(23-10-14)27(15-7-8-15)22(31)24-21(16)30/h4-6,9-10,13,15H,7-8H2,1-3H3,(H,25,28)(H,26,29)(H,24,30,31). The van der Waals surface area contributed by atoms with Crippen molar-refractivity contribution in [2.45, 2.75) is 45.8 Å². The highest BCUT2D eigenvalue weighted by Crippen LogP contribution is 2.34. The Kier molecular flexibility index (Phi) is 5.52. The number of hydrazine groups is 1. The molecular weight excluding hydrogens is 414 g/mol. The van der Waals surface area contributed by atoms with Crippen LogP contribution in [0.15, 0.2) is 40.1 Å². The topological polar surface area (TPSA) is 135 Å². The Morgan fingerprint density at radius 2 is 1.97 bits per heavy atom. The van der Waals surface area contributed by atoms with Crippen LogP contribution in [0.25, 0.3) is 11.0 Å². The van der Waals surface area contributed by atoms with Gasteiger partial charge < -0.3 is 4.74 Å². The lowest BCUT2D eigenvalue weighted by Gasteiger charge is -2.17. The zero-order valence-electron chi connectivity index (χ0n) is 17.9. The number of hydrogen-bond acceptors (Lipinski definition) is 6. The van der Waals surface area contributed by atoms with Gasteiger partial charge in [0.05, 0.1) is 10.9 Å². The van der Waals surface area contributed by atoms with Crippen LogP contribution >= 0.6 is 0 Å². The average molecular weight is 437 g/mol. The minimum atomic E-state index is -0.860. The van der Waals surface area contributed by atoms with E-state index in [2.05, 4.69) is 20.8 Å². The fourth-order valence-electron chi connectivity index (χ4n) is 3.32. The van der Waals surface area contributed by atoms with Crippen molar-refractivity contribution in [1.29, 1.82) is 0 Å². The number of nitrogens with zero attached hydrogens (tertiary/aromatic N) is 2. The molecule has 1 aliphatic carbocycles. The Hall–Kier alpha value is -3.95. The van der Waals surface area contributed by atoms with Crippen LogP contribution in [-0.4, -0.2) is 32.5 Å². The first-order chi connectivity index (χ1) is 15.3. The molecule has 0 aliphatic heterocycles. The van der Waals surface area contributed by atoms with E-state index in [1.165, 1.54) is 16.8 Å². The molecule has 3 N–H and O–H groups in total. The Morgan fingerprint density at radius 1 is 1.22 bits per heavy atom. The summed E-state index contributed by atoms with van der Waals surface area (Å²) in [5, 5.41) is 0.127. The summed E-state index contributed by atoms with van der Waals surface area (Å²) in [5.41, 5.74) is 5.73. The number of hydrogen-bond donors (Lipinski definition) is 3. The van der Waals surface area contributed by atoms with E-state index >= 15 is 0 Å². The molecule has 10 nitrogen and oxygen atoms in total. The zero-order chi connectivity index (χ0) is 23.0. The lowest BCUT2D eigenvalue weighted by atomic mass is 10.1. The van der Waals surface area contributed by atoms with Gasteiger partial charge in [-0.15, -0.1) is 0 Å². The lowest BCUT2D eigenvalue weighted by Crippen LogP contribution is -2.47. The van der Waals surface area contributed by atoms with Crippen LogP contribution in [0.1, 0.15) is 47.3 Å². The maximum atomic E-state index is 12.5. The molecule has 0 bridgehead atoms. The normalized spacial score (nSPS) is 14.1. The smallest absolute Gasteiger partial charge is 0.330 e. The van der Waals surface area contributed by atoms with Gasteiger partial charge in [0.1, 0.15) is 11.4 Å². The lowest BCUT2D eigenvalue weighted by molar-refractivity contribution is -0.128. The highest BCUT2D eigenvalue weighted by atomic mass is 16.5. The highest BCUT2D eigenvalue weighted by Gasteiger charge is 2.28. The number of amides is 2. The third-order valence-corrected chi connectivity index (χ3v) is 5.48. The maximum absolute atomic E-state index is 12.5. The molecule has 1 atom stereocenters. The third kappa shape index (κ3) is 4.11. The molecule has 4 rings (SSSR count). The molecule has 1 aliphatic rings. The Labute approximate surface area is 182 Å². The van der Waals surface area contributed by atoms with E-state index in [9.17, 15) is 19.2 Å². The Balaban J connectivity index is 1.45. The van der Waals surface area contributed by atoms with Gasteiger partial charge in [-0.25, -0.2) is 9.78 Å². The SMILES string of the molecule is Cc1cccc(OC(C)C(=O)NNC(=O)c2cnc3c(c2)c(=O)[nH]c(=O)n3C2CC2)c1C. The molecule has 2 aromatic heterocycles. The van der Waals surface area contributed by atoms with Gasteiger partial charge in [-0.2, -0.15) is 0 Å². The van der Waals surface area contributed by atoms with Crippen LogP contribution in [0.3, 0.4) is 0 Å². The zero-order valence-corrected chi connectivity index (χ0v) is 17.9. The number of H-pyrrole nitrogens is 1. The van der Waals surface area contributed by atoms with E-state index in [1.54, 1.807) is 13.0 Å². The van der Waals surface area contributed by atoms with E-state index in [1.807, 2.05) is 26.0 Å². The van der Waals surface area contributed by atoms with E-state index in [0.29, 0.717) is 5.75 Å². The van der Waals surface area contributed by atoms with Gasteiger partial charge >= 0.3 is 5.69 Å².